The first-order valence-electron chi connectivity index (χ1n) is 10.7. The van der Waals surface area contributed by atoms with Crippen molar-refractivity contribution in [1.82, 2.24) is 4.90 Å². The topological polar surface area (TPSA) is 83.8 Å². The lowest BCUT2D eigenvalue weighted by atomic mass is 10.0. The lowest BCUT2D eigenvalue weighted by Gasteiger charge is -2.39. The van der Waals surface area contributed by atoms with Crippen molar-refractivity contribution in [3.63, 3.8) is 0 Å². The van der Waals surface area contributed by atoms with Gasteiger partial charge in [0.15, 0.2) is 0 Å². The highest BCUT2D eigenvalue weighted by Crippen LogP contribution is 2.31. The summed E-state index contributed by atoms with van der Waals surface area (Å²) in [5, 5.41) is 10.8. The van der Waals surface area contributed by atoms with E-state index in [0.717, 1.165) is 5.56 Å². The molecule has 7 nitrogen and oxygen atoms in total. The third-order valence-corrected chi connectivity index (χ3v) is 7.72. The van der Waals surface area contributed by atoms with Gasteiger partial charge in [-0.05, 0) is 54.8 Å². The molecular formula is C24H24FN3O4S. The van der Waals surface area contributed by atoms with Crippen LogP contribution in [0.3, 0.4) is 0 Å². The molecule has 3 aromatic rings. The summed E-state index contributed by atoms with van der Waals surface area (Å²) in [5.74, 6) is -0.422. The molecule has 0 saturated carbocycles. The Morgan fingerprint density at radius 3 is 2.12 bits per heavy atom. The molecule has 1 aliphatic heterocycles. The van der Waals surface area contributed by atoms with Crippen molar-refractivity contribution in [2.24, 2.45) is 0 Å². The van der Waals surface area contributed by atoms with Gasteiger partial charge >= 0.3 is 0 Å². The molecule has 0 unspecified atom stereocenters. The molecule has 1 aliphatic rings. The Morgan fingerprint density at radius 2 is 1.55 bits per heavy atom. The predicted octanol–water partition coefficient (Wildman–Crippen LogP) is 4.59. The van der Waals surface area contributed by atoms with Crippen LogP contribution in [0.15, 0.2) is 83.8 Å². The number of nitrogens with zero attached hydrogens (tertiary/aromatic N) is 3. The molecule has 0 bridgehead atoms. The molecular weight excluding hydrogens is 445 g/mol. The maximum Gasteiger partial charge on any atom is 0.269 e. The smallest absolute Gasteiger partial charge is 0.269 e. The summed E-state index contributed by atoms with van der Waals surface area (Å²) in [6.45, 7) is 1.97. The molecule has 0 amide bonds. The molecule has 1 heterocycles. The third-order valence-electron chi connectivity index (χ3n) is 5.82. The molecule has 9 heteroatoms. The molecule has 0 aromatic heterocycles. The van der Waals surface area contributed by atoms with Gasteiger partial charge in [0.05, 0.1) is 15.5 Å². The van der Waals surface area contributed by atoms with Crippen molar-refractivity contribution in [1.29, 1.82) is 0 Å². The summed E-state index contributed by atoms with van der Waals surface area (Å²) >= 11 is 0. The fourth-order valence-electron chi connectivity index (χ4n) is 4.13. The average molecular weight is 470 g/mol. The van der Waals surface area contributed by atoms with Gasteiger partial charge in [-0.15, -0.1) is 0 Å². The number of likely N-dealkylation sites (tertiary alicyclic amines) is 1. The van der Waals surface area contributed by atoms with Crippen molar-refractivity contribution in [3.05, 3.63) is 100 Å². The van der Waals surface area contributed by atoms with E-state index in [1.807, 2.05) is 0 Å². The van der Waals surface area contributed by atoms with Gasteiger partial charge in [0.25, 0.3) is 15.7 Å². The first-order chi connectivity index (χ1) is 15.8. The van der Waals surface area contributed by atoms with E-state index < -0.39 is 20.8 Å². The number of nitro benzene ring substituents is 1. The number of nitro groups is 1. The molecule has 1 saturated heterocycles. The molecule has 0 radical (unpaired) electrons. The van der Waals surface area contributed by atoms with Gasteiger partial charge in [0.2, 0.25) is 0 Å². The van der Waals surface area contributed by atoms with Crippen LogP contribution in [0.2, 0.25) is 0 Å². The number of piperidine rings is 1. The van der Waals surface area contributed by atoms with Crippen LogP contribution in [0.5, 0.6) is 0 Å². The maximum atomic E-state index is 13.5. The van der Waals surface area contributed by atoms with Crippen LogP contribution in [0.4, 0.5) is 15.8 Å². The Hall–Kier alpha value is -3.30. The van der Waals surface area contributed by atoms with E-state index >= 15 is 0 Å². The number of non-ortho nitro benzene ring substituents is 1. The molecule has 0 spiro atoms. The second-order valence-electron chi connectivity index (χ2n) is 8.02. The Balaban J connectivity index is 1.52. The highest BCUT2D eigenvalue weighted by molar-refractivity contribution is 7.92. The highest BCUT2D eigenvalue weighted by atomic mass is 32.2. The van der Waals surface area contributed by atoms with E-state index in [9.17, 15) is 22.9 Å². The van der Waals surface area contributed by atoms with Gasteiger partial charge in [-0.3, -0.25) is 19.3 Å². The molecule has 4 rings (SSSR count). The SMILES string of the molecule is O=[N+]([O-])c1ccc(CN2CCC(N(c3ccc(F)cc3)S(=O)(=O)c3ccccc3)CC2)cc1. The van der Waals surface area contributed by atoms with Crippen LogP contribution in [-0.4, -0.2) is 37.4 Å². The first-order valence-corrected chi connectivity index (χ1v) is 12.1. The van der Waals surface area contributed by atoms with Gasteiger partial charge < -0.3 is 0 Å². The fraction of sp³-hybridized carbons (Fsp3) is 0.250. The van der Waals surface area contributed by atoms with Crippen LogP contribution >= 0.6 is 0 Å². The highest BCUT2D eigenvalue weighted by Gasteiger charge is 2.34. The Kier molecular flexibility index (Phi) is 6.71. The Morgan fingerprint density at radius 1 is 0.939 bits per heavy atom. The summed E-state index contributed by atoms with van der Waals surface area (Å²) in [6.07, 6.45) is 1.22. The minimum atomic E-state index is -3.83. The third kappa shape index (κ3) is 5.20. The molecule has 0 atom stereocenters. The second-order valence-corrected chi connectivity index (χ2v) is 9.84. The molecule has 33 heavy (non-hydrogen) atoms. The Bertz CT molecular complexity index is 1190. The van der Waals surface area contributed by atoms with Gasteiger partial charge in [-0.25, -0.2) is 12.8 Å². The number of sulfonamides is 1. The van der Waals surface area contributed by atoms with E-state index in [1.165, 1.54) is 40.7 Å². The van der Waals surface area contributed by atoms with E-state index in [2.05, 4.69) is 4.90 Å². The van der Waals surface area contributed by atoms with Crippen LogP contribution < -0.4 is 4.31 Å². The van der Waals surface area contributed by atoms with Crippen molar-refractivity contribution in [3.8, 4) is 0 Å². The van der Waals surface area contributed by atoms with Crippen LogP contribution in [0.25, 0.3) is 0 Å². The van der Waals surface area contributed by atoms with Crippen LogP contribution in [-0.2, 0) is 16.6 Å². The molecule has 0 aliphatic carbocycles. The minimum Gasteiger partial charge on any atom is -0.299 e. The van der Waals surface area contributed by atoms with Gasteiger partial charge in [0.1, 0.15) is 5.82 Å². The number of benzene rings is 3. The molecule has 1 fully saturated rings. The van der Waals surface area contributed by atoms with E-state index in [1.54, 1.807) is 42.5 Å². The van der Waals surface area contributed by atoms with Crippen LogP contribution in [0, 0.1) is 15.9 Å². The molecule has 172 valence electrons. The number of anilines is 1. The normalized spacial score (nSPS) is 15.3. The molecule has 0 N–H and O–H groups in total. The first kappa shape index (κ1) is 22.9. The standard InChI is InChI=1S/C24H24FN3O4S/c25-20-8-12-21(13-9-20)27(33(31,32)24-4-2-1-3-5-24)22-14-16-26(17-15-22)18-19-6-10-23(11-7-19)28(29)30/h1-13,22H,14-18H2. The van der Waals surface area contributed by atoms with Crippen molar-refractivity contribution >= 4 is 21.4 Å². The zero-order valence-electron chi connectivity index (χ0n) is 17.9. The number of halogens is 1. The maximum absolute atomic E-state index is 13.5. The van der Waals surface area contributed by atoms with E-state index in [4.69, 9.17) is 0 Å². The lowest BCUT2D eigenvalue weighted by molar-refractivity contribution is -0.384. The second kappa shape index (κ2) is 9.68. The monoisotopic (exact) mass is 469 g/mol. The quantitative estimate of drug-likeness (QED) is 0.373. The van der Waals surface area contributed by atoms with E-state index in [0.29, 0.717) is 38.2 Å². The fourth-order valence-corrected chi connectivity index (χ4v) is 5.86. The van der Waals surface area contributed by atoms with Gasteiger partial charge in [-0.1, -0.05) is 30.3 Å². The van der Waals surface area contributed by atoms with Gasteiger partial charge in [0, 0.05) is 37.8 Å². The summed E-state index contributed by atoms with van der Waals surface area (Å²) < 4.78 is 42.0. The summed E-state index contributed by atoms with van der Waals surface area (Å²) in [4.78, 5) is 12.8. The lowest BCUT2D eigenvalue weighted by Crippen LogP contribution is -2.47. The summed E-state index contributed by atoms with van der Waals surface area (Å²) in [6, 6.07) is 20.0. The average Bonchev–Trinajstić information content (AvgIpc) is 2.82. The number of rotatable bonds is 7. The predicted molar refractivity (Wildman–Crippen MR) is 124 cm³/mol. The van der Waals surface area contributed by atoms with Crippen molar-refractivity contribution < 1.29 is 17.7 Å². The van der Waals surface area contributed by atoms with Crippen molar-refractivity contribution in [2.75, 3.05) is 17.4 Å². The van der Waals surface area contributed by atoms with Crippen molar-refractivity contribution in [2.45, 2.75) is 30.3 Å². The largest absolute Gasteiger partial charge is 0.299 e. The molecule has 3 aromatic carbocycles. The van der Waals surface area contributed by atoms with E-state index in [-0.39, 0.29) is 16.6 Å². The number of hydrogen-bond acceptors (Lipinski definition) is 5. The zero-order valence-corrected chi connectivity index (χ0v) is 18.7. The number of hydrogen-bond donors (Lipinski definition) is 0. The summed E-state index contributed by atoms with van der Waals surface area (Å²) in [7, 11) is -3.83. The van der Waals surface area contributed by atoms with Gasteiger partial charge in [-0.2, -0.15) is 0 Å². The zero-order chi connectivity index (χ0) is 23.4. The minimum absolute atomic E-state index is 0.0542. The summed E-state index contributed by atoms with van der Waals surface area (Å²) in [5.41, 5.74) is 1.46. The van der Waals surface area contributed by atoms with Crippen LogP contribution in [0.1, 0.15) is 18.4 Å². The Labute approximate surface area is 192 Å².